The van der Waals surface area contributed by atoms with Crippen LogP contribution in [0.25, 0.3) is 12.2 Å². The predicted molar refractivity (Wildman–Crippen MR) is 91.0 cm³/mol. The Hall–Kier alpha value is -2.81. The number of allylic oxidation sites excluding steroid dienone is 2. The number of carbonyl (C=O) groups is 1. The van der Waals surface area contributed by atoms with E-state index in [0.717, 1.165) is 41.5 Å². The lowest BCUT2D eigenvalue weighted by Gasteiger charge is -2.16. The van der Waals surface area contributed by atoms with Crippen LogP contribution in [0.2, 0.25) is 0 Å². The average molecular weight is 306 g/mol. The van der Waals surface area contributed by atoms with E-state index in [9.17, 15) is 15.0 Å². The lowest BCUT2D eigenvalue weighted by atomic mass is 9.87. The first kappa shape index (κ1) is 15.1. The van der Waals surface area contributed by atoms with Crippen molar-refractivity contribution < 1.29 is 15.0 Å². The standard InChI is InChI=1S/C20H18O3/c21-18-8-1-4-14(12-18)10-16-6-3-7-17(20(16)23)11-15-5-2-9-19(22)13-15/h1-2,4-5,8-13,21-22H,3,6-7H2. The minimum atomic E-state index is 0.0444. The van der Waals surface area contributed by atoms with Crippen molar-refractivity contribution in [2.24, 2.45) is 0 Å². The van der Waals surface area contributed by atoms with Crippen molar-refractivity contribution in [3.63, 3.8) is 0 Å². The number of phenols is 2. The Kier molecular flexibility index (Phi) is 4.29. The quantitative estimate of drug-likeness (QED) is 0.812. The first-order valence-electron chi connectivity index (χ1n) is 7.66. The molecule has 0 spiro atoms. The Balaban J connectivity index is 1.89. The summed E-state index contributed by atoms with van der Waals surface area (Å²) >= 11 is 0. The molecule has 1 aliphatic rings. The molecule has 2 N–H and O–H groups in total. The second-order valence-electron chi connectivity index (χ2n) is 5.71. The van der Waals surface area contributed by atoms with Gasteiger partial charge in [-0.05, 0) is 66.8 Å². The highest BCUT2D eigenvalue weighted by Crippen LogP contribution is 2.29. The molecule has 3 heteroatoms. The van der Waals surface area contributed by atoms with Crippen molar-refractivity contribution in [2.75, 3.05) is 0 Å². The number of hydrogen-bond donors (Lipinski definition) is 2. The number of ketones is 1. The molecule has 0 aromatic heterocycles. The second kappa shape index (κ2) is 6.53. The molecule has 0 radical (unpaired) electrons. The Bertz CT molecular complexity index is 735. The molecular formula is C20H18O3. The molecule has 116 valence electrons. The summed E-state index contributed by atoms with van der Waals surface area (Å²) in [5.74, 6) is 0.430. The summed E-state index contributed by atoms with van der Waals surface area (Å²) in [6, 6.07) is 13.8. The van der Waals surface area contributed by atoms with Crippen LogP contribution in [0.4, 0.5) is 0 Å². The number of phenolic OH excluding ortho intramolecular Hbond substituents is 2. The van der Waals surface area contributed by atoms with Gasteiger partial charge in [-0.2, -0.15) is 0 Å². The van der Waals surface area contributed by atoms with Crippen LogP contribution in [0.5, 0.6) is 11.5 Å². The zero-order chi connectivity index (χ0) is 16.2. The van der Waals surface area contributed by atoms with Crippen LogP contribution in [-0.2, 0) is 4.79 Å². The van der Waals surface area contributed by atoms with Gasteiger partial charge in [0, 0.05) is 11.1 Å². The number of carbonyl (C=O) groups excluding carboxylic acids is 1. The van der Waals surface area contributed by atoms with E-state index in [2.05, 4.69) is 0 Å². The molecule has 3 nitrogen and oxygen atoms in total. The lowest BCUT2D eigenvalue weighted by molar-refractivity contribution is -0.112. The molecule has 23 heavy (non-hydrogen) atoms. The highest BCUT2D eigenvalue weighted by Gasteiger charge is 2.20. The van der Waals surface area contributed by atoms with Crippen molar-refractivity contribution >= 4 is 17.9 Å². The van der Waals surface area contributed by atoms with Gasteiger partial charge in [0.2, 0.25) is 0 Å². The first-order chi connectivity index (χ1) is 11.1. The molecule has 1 aliphatic carbocycles. The van der Waals surface area contributed by atoms with E-state index < -0.39 is 0 Å². The molecule has 0 unspecified atom stereocenters. The Morgan fingerprint density at radius 1 is 0.783 bits per heavy atom. The maximum Gasteiger partial charge on any atom is 0.185 e. The van der Waals surface area contributed by atoms with Crippen molar-refractivity contribution in [1.82, 2.24) is 0 Å². The van der Waals surface area contributed by atoms with Gasteiger partial charge >= 0.3 is 0 Å². The van der Waals surface area contributed by atoms with Gasteiger partial charge < -0.3 is 10.2 Å². The molecule has 2 aromatic carbocycles. The molecule has 1 saturated carbocycles. The molecule has 2 aromatic rings. The van der Waals surface area contributed by atoms with Crippen LogP contribution < -0.4 is 0 Å². The molecule has 3 rings (SSSR count). The van der Waals surface area contributed by atoms with Gasteiger partial charge in [0.15, 0.2) is 5.78 Å². The number of aromatic hydroxyl groups is 2. The van der Waals surface area contributed by atoms with Gasteiger partial charge in [-0.25, -0.2) is 0 Å². The Morgan fingerprint density at radius 3 is 1.70 bits per heavy atom. The fraction of sp³-hybridized carbons (Fsp3) is 0.150. The van der Waals surface area contributed by atoms with Gasteiger partial charge in [0.1, 0.15) is 11.5 Å². The maximum absolute atomic E-state index is 12.6. The molecule has 0 amide bonds. The van der Waals surface area contributed by atoms with Crippen LogP contribution in [0.15, 0.2) is 59.7 Å². The van der Waals surface area contributed by atoms with E-state index in [1.54, 1.807) is 36.4 Å². The molecule has 0 heterocycles. The number of Topliss-reactive ketones (excluding diaryl/α,β-unsaturated/α-hetero) is 1. The normalized spacial score (nSPS) is 18.5. The third-order valence-electron chi connectivity index (χ3n) is 3.90. The van der Waals surface area contributed by atoms with Crippen LogP contribution in [0.1, 0.15) is 30.4 Å². The van der Waals surface area contributed by atoms with Crippen molar-refractivity contribution in [3.8, 4) is 11.5 Å². The molecule has 0 bridgehead atoms. The van der Waals surface area contributed by atoms with Crippen LogP contribution >= 0.6 is 0 Å². The third-order valence-corrected chi connectivity index (χ3v) is 3.90. The fourth-order valence-electron chi connectivity index (χ4n) is 2.81. The molecular weight excluding hydrogens is 288 g/mol. The van der Waals surface area contributed by atoms with E-state index in [-0.39, 0.29) is 17.3 Å². The van der Waals surface area contributed by atoms with Gasteiger partial charge in [-0.15, -0.1) is 0 Å². The Labute approximate surface area is 135 Å². The maximum atomic E-state index is 12.6. The Morgan fingerprint density at radius 2 is 1.26 bits per heavy atom. The number of rotatable bonds is 2. The lowest BCUT2D eigenvalue weighted by Crippen LogP contribution is -2.12. The van der Waals surface area contributed by atoms with Crippen molar-refractivity contribution in [1.29, 1.82) is 0 Å². The third kappa shape index (κ3) is 3.69. The summed E-state index contributed by atoms with van der Waals surface area (Å²) in [5.41, 5.74) is 3.17. The van der Waals surface area contributed by atoms with E-state index >= 15 is 0 Å². The molecule has 0 saturated heterocycles. The van der Waals surface area contributed by atoms with Crippen molar-refractivity contribution in [3.05, 3.63) is 70.8 Å². The zero-order valence-electron chi connectivity index (χ0n) is 12.7. The molecule has 0 aliphatic heterocycles. The topological polar surface area (TPSA) is 57.5 Å². The van der Waals surface area contributed by atoms with Crippen LogP contribution in [0.3, 0.4) is 0 Å². The monoisotopic (exact) mass is 306 g/mol. The van der Waals surface area contributed by atoms with Crippen LogP contribution in [-0.4, -0.2) is 16.0 Å². The zero-order valence-corrected chi connectivity index (χ0v) is 12.7. The molecule has 1 fully saturated rings. The smallest absolute Gasteiger partial charge is 0.185 e. The summed E-state index contributed by atoms with van der Waals surface area (Å²) in [7, 11) is 0. The molecule has 0 atom stereocenters. The first-order valence-corrected chi connectivity index (χ1v) is 7.66. The van der Waals surface area contributed by atoms with E-state index in [4.69, 9.17) is 0 Å². The average Bonchev–Trinajstić information content (AvgIpc) is 2.51. The van der Waals surface area contributed by atoms with E-state index in [0.29, 0.717) is 0 Å². The number of benzene rings is 2. The number of hydrogen-bond acceptors (Lipinski definition) is 3. The van der Waals surface area contributed by atoms with Gasteiger partial charge in [0.05, 0.1) is 0 Å². The minimum Gasteiger partial charge on any atom is -0.508 e. The fourth-order valence-corrected chi connectivity index (χ4v) is 2.81. The van der Waals surface area contributed by atoms with E-state index in [1.165, 1.54) is 0 Å². The summed E-state index contributed by atoms with van der Waals surface area (Å²) in [6.45, 7) is 0. The predicted octanol–water partition coefficient (Wildman–Crippen LogP) is 4.32. The highest BCUT2D eigenvalue weighted by atomic mass is 16.3. The summed E-state index contributed by atoms with van der Waals surface area (Å²) < 4.78 is 0. The second-order valence-corrected chi connectivity index (χ2v) is 5.71. The largest absolute Gasteiger partial charge is 0.508 e. The SMILES string of the molecule is O=C1C(=Cc2cccc(O)c2)CCCC1=Cc1cccc(O)c1. The van der Waals surface area contributed by atoms with Gasteiger partial charge in [-0.1, -0.05) is 24.3 Å². The summed E-state index contributed by atoms with van der Waals surface area (Å²) in [4.78, 5) is 12.6. The van der Waals surface area contributed by atoms with Gasteiger partial charge in [0.25, 0.3) is 0 Å². The van der Waals surface area contributed by atoms with Gasteiger partial charge in [-0.3, -0.25) is 4.79 Å². The van der Waals surface area contributed by atoms with Crippen molar-refractivity contribution in [2.45, 2.75) is 19.3 Å². The summed E-state index contributed by atoms with van der Waals surface area (Å²) in [5, 5.41) is 19.1. The highest BCUT2D eigenvalue weighted by molar-refractivity contribution is 6.13. The summed E-state index contributed by atoms with van der Waals surface area (Å²) in [6.07, 6.45) is 6.09. The van der Waals surface area contributed by atoms with Crippen LogP contribution in [0, 0.1) is 0 Å². The minimum absolute atomic E-state index is 0.0444. The van der Waals surface area contributed by atoms with E-state index in [1.807, 2.05) is 24.3 Å².